The molecule has 150 valence electrons. The second kappa shape index (κ2) is 8.05. The molecule has 1 saturated carbocycles. The summed E-state index contributed by atoms with van der Waals surface area (Å²) in [6.07, 6.45) is 3.97. The summed E-state index contributed by atoms with van der Waals surface area (Å²) < 4.78 is 5.42. The van der Waals surface area contributed by atoms with Crippen molar-refractivity contribution in [3.05, 3.63) is 53.4 Å². The zero-order valence-corrected chi connectivity index (χ0v) is 16.1. The number of aliphatic carboxylic acids is 1. The molecule has 4 rings (SSSR count). The Labute approximate surface area is 165 Å². The van der Waals surface area contributed by atoms with E-state index < -0.39 is 17.5 Å². The number of rotatable bonds is 8. The van der Waals surface area contributed by atoms with Gasteiger partial charge in [0.2, 0.25) is 0 Å². The lowest BCUT2D eigenvalue weighted by atomic mass is 9.73. The summed E-state index contributed by atoms with van der Waals surface area (Å²) in [5.41, 5.74) is 0.915. The van der Waals surface area contributed by atoms with Gasteiger partial charge in [-0.1, -0.05) is 35.5 Å². The molecule has 2 aliphatic rings. The van der Waals surface area contributed by atoms with Gasteiger partial charge in [-0.05, 0) is 44.1 Å². The lowest BCUT2D eigenvalue weighted by Gasteiger charge is -2.43. The van der Waals surface area contributed by atoms with Crippen LogP contribution in [0, 0.1) is 5.41 Å². The Morgan fingerprint density at radius 2 is 2.04 bits per heavy atom. The van der Waals surface area contributed by atoms with Crippen molar-refractivity contribution < 1.29 is 19.5 Å². The Morgan fingerprint density at radius 3 is 2.75 bits per heavy atom. The maximum atomic E-state index is 12.2. The predicted octanol–water partition coefficient (Wildman–Crippen LogP) is 3.21. The first-order valence-electron chi connectivity index (χ1n) is 10.2. The largest absolute Gasteiger partial charge is 0.481 e. The predicted molar refractivity (Wildman–Crippen MR) is 104 cm³/mol. The van der Waals surface area contributed by atoms with Crippen molar-refractivity contribution in [2.45, 2.75) is 57.1 Å². The van der Waals surface area contributed by atoms with E-state index in [4.69, 9.17) is 4.52 Å². The molecule has 1 aromatic carbocycles. The summed E-state index contributed by atoms with van der Waals surface area (Å²) in [6.45, 7) is 1.57. The van der Waals surface area contributed by atoms with Crippen LogP contribution in [0.15, 0.2) is 40.9 Å². The lowest BCUT2D eigenvalue weighted by molar-refractivity contribution is -0.164. The van der Waals surface area contributed by atoms with Gasteiger partial charge in [0.05, 0.1) is 11.8 Å². The first-order chi connectivity index (χ1) is 13.6. The van der Waals surface area contributed by atoms with E-state index in [2.05, 4.69) is 22.2 Å². The summed E-state index contributed by atoms with van der Waals surface area (Å²) in [7, 11) is 0. The van der Waals surface area contributed by atoms with Gasteiger partial charge in [0.15, 0.2) is 0 Å². The number of likely N-dealkylation sites (tertiary alicyclic amines) is 1. The van der Waals surface area contributed by atoms with Gasteiger partial charge < -0.3 is 14.7 Å². The molecular weight excluding hydrogens is 356 g/mol. The number of carboxylic acids is 1. The molecule has 1 aromatic heterocycles. The minimum Gasteiger partial charge on any atom is -0.481 e. The fraction of sp³-hybridized carbons (Fsp3) is 0.545. The molecule has 1 saturated heterocycles. The number of aliphatic hydroxyl groups is 1. The monoisotopic (exact) mass is 384 g/mol. The second-order valence-corrected chi connectivity index (χ2v) is 8.31. The third kappa shape index (κ3) is 4.13. The van der Waals surface area contributed by atoms with E-state index in [-0.39, 0.29) is 0 Å². The highest BCUT2D eigenvalue weighted by molar-refractivity contribution is 5.76. The normalized spacial score (nSPS) is 25.7. The van der Waals surface area contributed by atoms with E-state index >= 15 is 0 Å². The van der Waals surface area contributed by atoms with Gasteiger partial charge in [-0.25, -0.2) is 0 Å². The molecule has 0 radical (unpaired) electrons. The number of piperidine rings is 1. The number of benzene rings is 1. The average Bonchev–Trinajstić information content (AvgIpc) is 3.44. The summed E-state index contributed by atoms with van der Waals surface area (Å²) in [5.74, 6) is 0.552. The van der Waals surface area contributed by atoms with Crippen LogP contribution >= 0.6 is 0 Å². The smallest absolute Gasteiger partial charge is 0.313 e. The van der Waals surface area contributed by atoms with Crippen molar-refractivity contribution in [3.63, 3.8) is 0 Å². The van der Waals surface area contributed by atoms with Crippen molar-refractivity contribution in [1.82, 2.24) is 10.1 Å². The number of carbonyl (C=O) groups is 1. The van der Waals surface area contributed by atoms with Gasteiger partial charge in [-0.3, -0.25) is 9.69 Å². The number of aromatic nitrogens is 1. The summed E-state index contributed by atoms with van der Waals surface area (Å²) >= 11 is 0. The molecule has 2 atom stereocenters. The fourth-order valence-electron chi connectivity index (χ4n) is 4.31. The third-order valence-electron chi connectivity index (χ3n) is 6.16. The second-order valence-electron chi connectivity index (χ2n) is 8.31. The zero-order chi connectivity index (χ0) is 19.6. The van der Waals surface area contributed by atoms with E-state index in [1.165, 1.54) is 5.56 Å². The van der Waals surface area contributed by atoms with Crippen molar-refractivity contribution >= 4 is 5.97 Å². The fourth-order valence-corrected chi connectivity index (χ4v) is 4.31. The van der Waals surface area contributed by atoms with E-state index in [9.17, 15) is 15.0 Å². The van der Waals surface area contributed by atoms with Crippen LogP contribution in [0.5, 0.6) is 0 Å². The molecule has 28 heavy (non-hydrogen) atoms. The minimum absolute atomic E-state index is 0.337. The average molecular weight is 384 g/mol. The van der Waals surface area contributed by atoms with E-state index in [1.54, 1.807) is 0 Å². The molecule has 2 heterocycles. The number of carboxylic acid groups (broad SMARTS) is 1. The molecule has 6 heteroatoms. The van der Waals surface area contributed by atoms with E-state index in [0.717, 1.165) is 37.1 Å². The molecule has 2 fully saturated rings. The van der Waals surface area contributed by atoms with Gasteiger partial charge >= 0.3 is 5.97 Å². The maximum Gasteiger partial charge on any atom is 0.313 e. The van der Waals surface area contributed by atoms with Crippen molar-refractivity contribution in [2.24, 2.45) is 5.41 Å². The molecule has 6 nitrogen and oxygen atoms in total. The van der Waals surface area contributed by atoms with Gasteiger partial charge in [0, 0.05) is 31.6 Å². The Hall–Kier alpha value is -2.18. The highest BCUT2D eigenvalue weighted by Gasteiger charge is 2.48. The van der Waals surface area contributed by atoms with Crippen molar-refractivity contribution in [3.8, 4) is 0 Å². The van der Waals surface area contributed by atoms with Crippen LogP contribution in [-0.2, 0) is 17.8 Å². The van der Waals surface area contributed by atoms with Gasteiger partial charge in [-0.15, -0.1) is 0 Å². The highest BCUT2D eigenvalue weighted by Crippen LogP contribution is 2.41. The Balaban J connectivity index is 1.41. The summed E-state index contributed by atoms with van der Waals surface area (Å²) in [4.78, 5) is 14.3. The summed E-state index contributed by atoms with van der Waals surface area (Å²) in [5, 5.41) is 24.8. The third-order valence-corrected chi connectivity index (χ3v) is 6.16. The van der Waals surface area contributed by atoms with Crippen LogP contribution < -0.4 is 0 Å². The van der Waals surface area contributed by atoms with E-state index in [0.29, 0.717) is 38.4 Å². The molecule has 1 aliphatic heterocycles. The molecule has 0 amide bonds. The minimum atomic E-state index is -1.13. The number of aryl methyl sites for hydroxylation is 1. The summed E-state index contributed by atoms with van der Waals surface area (Å²) in [6, 6.07) is 12.1. The first kappa shape index (κ1) is 19.2. The highest BCUT2D eigenvalue weighted by atomic mass is 16.5. The number of hydrogen-bond acceptors (Lipinski definition) is 5. The molecule has 2 aromatic rings. The molecule has 2 N–H and O–H groups in total. The molecule has 1 aliphatic carbocycles. The Morgan fingerprint density at radius 1 is 1.25 bits per heavy atom. The van der Waals surface area contributed by atoms with Crippen LogP contribution in [0.3, 0.4) is 0 Å². The number of nitrogens with zero attached hydrogens (tertiary/aromatic N) is 2. The van der Waals surface area contributed by atoms with Gasteiger partial charge in [0.1, 0.15) is 11.2 Å². The van der Waals surface area contributed by atoms with E-state index in [1.807, 2.05) is 24.3 Å². The Kier molecular flexibility index (Phi) is 5.51. The molecule has 0 bridgehead atoms. The zero-order valence-electron chi connectivity index (χ0n) is 16.1. The molecule has 0 spiro atoms. The quantitative estimate of drug-likeness (QED) is 0.727. The van der Waals surface area contributed by atoms with Crippen LogP contribution in [-0.4, -0.2) is 45.4 Å². The van der Waals surface area contributed by atoms with Gasteiger partial charge in [0.25, 0.3) is 0 Å². The number of hydrogen-bond donors (Lipinski definition) is 2. The SMILES string of the molecule is O=C(O)[C@]1(CCCc2ccccc2)CN(Cc2cc(C3CC3)on2)CC[C@@H]1O. The van der Waals surface area contributed by atoms with Crippen molar-refractivity contribution in [2.75, 3.05) is 13.1 Å². The van der Waals surface area contributed by atoms with Crippen LogP contribution in [0.4, 0.5) is 0 Å². The molecule has 0 unspecified atom stereocenters. The standard InChI is InChI=1S/C22H28N2O4/c25-20-10-12-24(14-18-13-19(28-23-18)17-8-9-17)15-22(20,21(26)27)11-4-7-16-5-2-1-3-6-16/h1-3,5-6,13,17,20,25H,4,7-12,14-15H2,(H,26,27)/t20-,22+/m0/s1. The van der Waals surface area contributed by atoms with Crippen molar-refractivity contribution in [1.29, 1.82) is 0 Å². The lowest BCUT2D eigenvalue weighted by Crippen LogP contribution is -2.55. The Bertz CT molecular complexity index is 802. The number of aliphatic hydroxyl groups excluding tert-OH is 1. The first-order valence-corrected chi connectivity index (χ1v) is 10.2. The van der Waals surface area contributed by atoms with Crippen LogP contribution in [0.25, 0.3) is 0 Å². The van der Waals surface area contributed by atoms with Gasteiger partial charge in [-0.2, -0.15) is 0 Å². The molecular formula is C22H28N2O4. The van der Waals surface area contributed by atoms with Crippen LogP contribution in [0.1, 0.15) is 55.0 Å². The topological polar surface area (TPSA) is 86.8 Å². The maximum absolute atomic E-state index is 12.2. The van der Waals surface area contributed by atoms with Crippen LogP contribution in [0.2, 0.25) is 0 Å².